The maximum atomic E-state index is 12.2. The minimum Gasteiger partial charge on any atom is -0.478 e. The van der Waals surface area contributed by atoms with E-state index in [0.717, 1.165) is 15.7 Å². The number of aryl methyl sites for hydroxylation is 2. The van der Waals surface area contributed by atoms with Crippen molar-refractivity contribution in [3.8, 4) is 0 Å². The van der Waals surface area contributed by atoms with E-state index in [1.165, 1.54) is 18.2 Å². The van der Waals surface area contributed by atoms with Crippen molar-refractivity contribution < 1.29 is 19.1 Å². The molecule has 0 aliphatic heterocycles. The minimum atomic E-state index is -1.12. The molecule has 1 amide bonds. The number of carbonyl (C=O) groups is 2. The molecule has 0 fully saturated rings. The van der Waals surface area contributed by atoms with Crippen LogP contribution in [-0.4, -0.2) is 21.6 Å². The highest BCUT2D eigenvalue weighted by atomic mass is 16.4. The van der Waals surface area contributed by atoms with Crippen LogP contribution >= 0.6 is 0 Å². The summed E-state index contributed by atoms with van der Waals surface area (Å²) in [7, 11) is 0. The summed E-state index contributed by atoms with van der Waals surface area (Å²) in [5.41, 5.74) is 3.30. The van der Waals surface area contributed by atoms with E-state index in [4.69, 9.17) is 9.52 Å². The van der Waals surface area contributed by atoms with Gasteiger partial charge in [-0.15, -0.1) is 0 Å². The lowest BCUT2D eigenvalue weighted by Crippen LogP contribution is -2.24. The molecule has 25 heavy (non-hydrogen) atoms. The third-order valence-corrected chi connectivity index (χ3v) is 4.01. The van der Waals surface area contributed by atoms with Gasteiger partial charge in [0.25, 0.3) is 0 Å². The monoisotopic (exact) mass is 340 g/mol. The maximum absolute atomic E-state index is 12.2. The molecule has 1 aromatic heterocycles. The SMILES string of the molecule is Cc1ccc(NC(=O)Cn2c(=O)oc3cc(C(=O)O)ccc32)cc1C. The predicted octanol–water partition coefficient (Wildman–Crippen LogP) is 2.55. The molecule has 0 aliphatic rings. The first-order valence-corrected chi connectivity index (χ1v) is 7.59. The highest BCUT2D eigenvalue weighted by Gasteiger charge is 2.15. The van der Waals surface area contributed by atoms with Gasteiger partial charge in [-0.3, -0.25) is 9.36 Å². The van der Waals surface area contributed by atoms with E-state index in [1.807, 2.05) is 26.0 Å². The number of fused-ring (bicyclic) bond motifs is 1. The maximum Gasteiger partial charge on any atom is 0.420 e. The van der Waals surface area contributed by atoms with Gasteiger partial charge in [0.05, 0.1) is 11.1 Å². The van der Waals surface area contributed by atoms with E-state index in [-0.39, 0.29) is 23.6 Å². The second-order valence-corrected chi connectivity index (χ2v) is 5.79. The molecule has 0 aliphatic carbocycles. The summed E-state index contributed by atoms with van der Waals surface area (Å²) in [5.74, 6) is -2.21. The Labute approximate surface area is 142 Å². The lowest BCUT2D eigenvalue weighted by Gasteiger charge is -2.08. The van der Waals surface area contributed by atoms with Crippen LogP contribution in [0.1, 0.15) is 21.5 Å². The van der Waals surface area contributed by atoms with E-state index in [1.54, 1.807) is 6.07 Å². The number of carboxylic acid groups (broad SMARTS) is 1. The molecular formula is C18H16N2O5. The number of hydrogen-bond donors (Lipinski definition) is 2. The van der Waals surface area contributed by atoms with Crippen molar-refractivity contribution in [2.75, 3.05) is 5.32 Å². The van der Waals surface area contributed by atoms with Gasteiger partial charge >= 0.3 is 11.7 Å². The molecule has 0 bridgehead atoms. The van der Waals surface area contributed by atoms with Gasteiger partial charge < -0.3 is 14.8 Å². The molecule has 0 saturated carbocycles. The Bertz CT molecular complexity index is 1050. The van der Waals surface area contributed by atoms with E-state index in [9.17, 15) is 14.4 Å². The molecule has 7 nitrogen and oxygen atoms in total. The van der Waals surface area contributed by atoms with Crippen molar-refractivity contribution in [1.82, 2.24) is 4.57 Å². The molecule has 3 aromatic rings. The fraction of sp³-hybridized carbons (Fsp3) is 0.167. The van der Waals surface area contributed by atoms with E-state index in [0.29, 0.717) is 11.2 Å². The van der Waals surface area contributed by atoms with Crippen molar-refractivity contribution in [2.24, 2.45) is 0 Å². The highest BCUT2D eigenvalue weighted by Crippen LogP contribution is 2.17. The molecule has 3 rings (SSSR count). The molecule has 0 spiro atoms. The smallest absolute Gasteiger partial charge is 0.420 e. The number of aromatic carboxylic acids is 1. The first-order chi connectivity index (χ1) is 11.8. The molecule has 1 heterocycles. The molecular weight excluding hydrogens is 324 g/mol. The largest absolute Gasteiger partial charge is 0.478 e. The van der Waals surface area contributed by atoms with Crippen molar-refractivity contribution in [1.29, 1.82) is 0 Å². The summed E-state index contributed by atoms with van der Waals surface area (Å²) in [6, 6.07) is 9.61. The third kappa shape index (κ3) is 3.30. The number of nitrogens with zero attached hydrogens (tertiary/aromatic N) is 1. The van der Waals surface area contributed by atoms with Gasteiger partial charge in [0.15, 0.2) is 5.58 Å². The molecule has 0 radical (unpaired) electrons. The van der Waals surface area contributed by atoms with E-state index < -0.39 is 11.7 Å². The number of aromatic nitrogens is 1. The zero-order valence-corrected chi connectivity index (χ0v) is 13.7. The molecule has 2 N–H and O–H groups in total. The topological polar surface area (TPSA) is 102 Å². The summed E-state index contributed by atoms with van der Waals surface area (Å²) < 4.78 is 6.20. The summed E-state index contributed by atoms with van der Waals surface area (Å²) in [6.45, 7) is 3.69. The summed E-state index contributed by atoms with van der Waals surface area (Å²) in [4.78, 5) is 35.2. The van der Waals surface area contributed by atoms with Crippen LogP contribution in [0.15, 0.2) is 45.6 Å². The Hall–Kier alpha value is -3.35. The van der Waals surface area contributed by atoms with Crippen LogP contribution in [-0.2, 0) is 11.3 Å². The fourth-order valence-electron chi connectivity index (χ4n) is 2.51. The number of nitrogens with one attached hydrogen (secondary N) is 1. The normalized spacial score (nSPS) is 10.8. The Morgan fingerprint density at radius 2 is 1.88 bits per heavy atom. The van der Waals surface area contributed by atoms with Crippen molar-refractivity contribution in [3.05, 3.63) is 63.6 Å². The van der Waals surface area contributed by atoms with Crippen LogP contribution in [0.5, 0.6) is 0 Å². The molecule has 128 valence electrons. The molecule has 0 unspecified atom stereocenters. The van der Waals surface area contributed by atoms with Crippen LogP contribution in [0.3, 0.4) is 0 Å². The van der Waals surface area contributed by atoms with Gasteiger partial charge in [0, 0.05) is 5.69 Å². The van der Waals surface area contributed by atoms with Crippen molar-refractivity contribution in [3.63, 3.8) is 0 Å². The number of oxazole rings is 1. The molecule has 7 heteroatoms. The first-order valence-electron chi connectivity index (χ1n) is 7.59. The average molecular weight is 340 g/mol. The Balaban J connectivity index is 1.85. The van der Waals surface area contributed by atoms with Crippen molar-refractivity contribution >= 4 is 28.7 Å². The van der Waals surface area contributed by atoms with Crippen LogP contribution < -0.4 is 11.1 Å². The van der Waals surface area contributed by atoms with Gasteiger partial charge in [-0.1, -0.05) is 6.07 Å². The van der Waals surface area contributed by atoms with E-state index in [2.05, 4.69) is 5.32 Å². The minimum absolute atomic E-state index is 0.00739. The summed E-state index contributed by atoms with van der Waals surface area (Å²) in [5, 5.41) is 11.7. The third-order valence-electron chi connectivity index (χ3n) is 4.01. The zero-order chi connectivity index (χ0) is 18.1. The van der Waals surface area contributed by atoms with Crippen LogP contribution in [0.25, 0.3) is 11.1 Å². The molecule has 0 atom stereocenters. The lowest BCUT2D eigenvalue weighted by atomic mass is 10.1. The number of hydrogen-bond acceptors (Lipinski definition) is 4. The van der Waals surface area contributed by atoms with Crippen LogP contribution in [0.4, 0.5) is 5.69 Å². The predicted molar refractivity (Wildman–Crippen MR) is 92.0 cm³/mol. The van der Waals surface area contributed by atoms with Gasteiger partial charge in [0.2, 0.25) is 5.91 Å². The quantitative estimate of drug-likeness (QED) is 0.760. The first kappa shape index (κ1) is 16.5. The Morgan fingerprint density at radius 3 is 2.56 bits per heavy atom. The molecule has 2 aromatic carbocycles. The van der Waals surface area contributed by atoms with Gasteiger partial charge in [0.1, 0.15) is 6.54 Å². The van der Waals surface area contributed by atoms with Crippen LogP contribution in [0.2, 0.25) is 0 Å². The standard InChI is InChI=1S/C18H16N2O5/c1-10-3-5-13(7-11(10)2)19-16(21)9-20-14-6-4-12(17(22)23)8-15(14)25-18(20)24/h3-8H,9H2,1-2H3,(H,19,21)(H,22,23). The number of carbonyl (C=O) groups excluding carboxylic acids is 1. The summed E-state index contributed by atoms with van der Waals surface area (Å²) in [6.07, 6.45) is 0. The highest BCUT2D eigenvalue weighted by molar-refractivity contribution is 5.93. The fourth-order valence-corrected chi connectivity index (χ4v) is 2.51. The average Bonchev–Trinajstić information content (AvgIpc) is 2.86. The van der Waals surface area contributed by atoms with Gasteiger partial charge in [-0.2, -0.15) is 0 Å². The number of benzene rings is 2. The zero-order valence-electron chi connectivity index (χ0n) is 13.7. The number of anilines is 1. The van der Waals surface area contributed by atoms with Crippen LogP contribution in [0, 0.1) is 13.8 Å². The van der Waals surface area contributed by atoms with Gasteiger partial charge in [-0.05, 0) is 55.3 Å². The number of rotatable bonds is 4. The number of amides is 1. The lowest BCUT2D eigenvalue weighted by molar-refractivity contribution is -0.116. The van der Waals surface area contributed by atoms with Gasteiger partial charge in [-0.25, -0.2) is 9.59 Å². The Morgan fingerprint density at radius 1 is 1.12 bits per heavy atom. The Kier molecular flexibility index (Phi) is 4.14. The second-order valence-electron chi connectivity index (χ2n) is 5.79. The van der Waals surface area contributed by atoms with Crippen molar-refractivity contribution in [2.45, 2.75) is 20.4 Å². The summed E-state index contributed by atoms with van der Waals surface area (Å²) >= 11 is 0. The molecule has 0 saturated heterocycles. The van der Waals surface area contributed by atoms with E-state index >= 15 is 0 Å². The number of carboxylic acids is 1. The second kappa shape index (κ2) is 6.27.